The molecule has 0 bridgehead atoms. The second kappa shape index (κ2) is 29.1. The highest BCUT2D eigenvalue weighted by Crippen LogP contribution is 2.57. The Balaban J connectivity index is 0.964. The topological polar surface area (TPSA) is 21.3 Å². The number of hydrogen-bond acceptors (Lipinski definition) is 2. The molecule has 21 rings (SSSR count). The maximum atomic E-state index is 2.78. The predicted octanol–water partition coefficient (Wildman–Crippen LogP) is 31.2. The minimum atomic E-state index is -0.326. The normalized spacial score (nSPS) is 13.3. The first-order valence-electron chi connectivity index (χ1n) is 45.2. The Hall–Kier alpha value is -13.4. The van der Waals surface area contributed by atoms with Gasteiger partial charge in [0.15, 0.2) is 0 Å². The van der Waals surface area contributed by atoms with Crippen LogP contribution in [-0.4, -0.2) is 20.4 Å². The van der Waals surface area contributed by atoms with Gasteiger partial charge in [0, 0.05) is 88.7 Å². The van der Waals surface area contributed by atoms with E-state index in [1.807, 2.05) is 0 Å². The zero-order valence-corrected chi connectivity index (χ0v) is 76.1. The van der Waals surface area contributed by atoms with Crippen molar-refractivity contribution in [2.45, 2.75) is 157 Å². The van der Waals surface area contributed by atoms with Gasteiger partial charge in [-0.05, 0) is 231 Å². The van der Waals surface area contributed by atoms with Crippen molar-refractivity contribution in [2.24, 2.45) is 0 Å². The molecule has 0 radical (unpaired) electrons. The van der Waals surface area contributed by atoms with E-state index in [-0.39, 0.29) is 39.2 Å². The summed E-state index contributed by atoms with van der Waals surface area (Å²) in [6, 6.07) is 132. The molecule has 0 amide bonds. The molecule has 0 fully saturated rings. The molecular formula is C120H110BN5. The Labute approximate surface area is 744 Å². The molecule has 19 aromatic rings. The number of aromatic nitrogens is 3. The van der Waals surface area contributed by atoms with E-state index >= 15 is 0 Å². The summed E-state index contributed by atoms with van der Waals surface area (Å²) in [6.45, 7) is 42.3. The molecule has 16 aromatic carbocycles. The molecule has 0 unspecified atom stereocenters. The number of benzene rings is 16. The number of rotatable bonds is 10. The maximum absolute atomic E-state index is 2.78. The van der Waals surface area contributed by atoms with Gasteiger partial charge in [-0.25, -0.2) is 0 Å². The first-order valence-corrected chi connectivity index (χ1v) is 45.2. The average Bonchev–Trinajstić information content (AvgIpc) is 0.710. The van der Waals surface area contributed by atoms with E-state index in [9.17, 15) is 0 Å². The van der Waals surface area contributed by atoms with Crippen LogP contribution in [0.3, 0.4) is 0 Å². The molecule has 0 saturated carbocycles. The van der Waals surface area contributed by atoms with Gasteiger partial charge in [0.25, 0.3) is 6.71 Å². The minimum absolute atomic E-state index is 0.127. The van der Waals surface area contributed by atoms with Crippen LogP contribution in [0.1, 0.15) is 158 Å². The van der Waals surface area contributed by atoms with Gasteiger partial charge in [-0.3, -0.25) is 0 Å². The third kappa shape index (κ3) is 13.3. The van der Waals surface area contributed by atoms with E-state index in [1.165, 1.54) is 98.7 Å². The van der Waals surface area contributed by atoms with E-state index in [2.05, 4.69) is 488 Å². The van der Waals surface area contributed by atoms with Crippen LogP contribution in [0.25, 0.3) is 138 Å². The van der Waals surface area contributed by atoms with Gasteiger partial charge in [0.1, 0.15) is 0 Å². The van der Waals surface area contributed by atoms with E-state index < -0.39 is 0 Å². The second-order valence-electron chi connectivity index (χ2n) is 41.8. The summed E-state index contributed by atoms with van der Waals surface area (Å²) in [6.07, 6.45) is 0. The highest BCUT2D eigenvalue weighted by atomic mass is 15.2. The molecule has 2 aliphatic rings. The van der Waals surface area contributed by atoms with Crippen LogP contribution in [0.2, 0.25) is 0 Å². The van der Waals surface area contributed by atoms with Crippen molar-refractivity contribution in [3.8, 4) is 72.7 Å². The fraction of sp³-hybridized carbons (Fsp3) is 0.200. The Kier molecular flexibility index (Phi) is 18.4. The zero-order valence-electron chi connectivity index (χ0n) is 76.1. The molecule has 0 aliphatic carbocycles. The van der Waals surface area contributed by atoms with Gasteiger partial charge in [-0.15, -0.1) is 0 Å². The molecule has 5 nitrogen and oxygen atoms in total. The number of para-hydroxylation sites is 3. The molecule has 2 aliphatic heterocycles. The van der Waals surface area contributed by atoms with E-state index in [0.29, 0.717) is 0 Å². The van der Waals surface area contributed by atoms with Crippen molar-refractivity contribution in [3.63, 3.8) is 0 Å². The molecule has 5 heterocycles. The fourth-order valence-electron chi connectivity index (χ4n) is 20.3. The van der Waals surface area contributed by atoms with Crippen molar-refractivity contribution in [3.05, 3.63) is 373 Å². The molecule has 0 spiro atoms. The third-order valence-electron chi connectivity index (χ3n) is 27.3. The smallest absolute Gasteiger partial charge is 0.252 e. The molecule has 3 aromatic heterocycles. The van der Waals surface area contributed by atoms with Crippen LogP contribution in [0.4, 0.5) is 34.1 Å². The van der Waals surface area contributed by atoms with Crippen LogP contribution in [0, 0.1) is 0 Å². The number of nitrogens with zero attached hydrogens (tertiary/aromatic N) is 5. The number of anilines is 6. The lowest BCUT2D eigenvalue weighted by molar-refractivity contribution is 0.569. The van der Waals surface area contributed by atoms with E-state index in [4.69, 9.17) is 0 Å². The molecule has 0 N–H and O–H groups in total. The van der Waals surface area contributed by atoms with Crippen LogP contribution < -0.4 is 26.2 Å². The van der Waals surface area contributed by atoms with Crippen molar-refractivity contribution < 1.29 is 0 Å². The van der Waals surface area contributed by atoms with Gasteiger partial charge in [0.2, 0.25) is 0 Å². The molecule has 618 valence electrons. The summed E-state index contributed by atoms with van der Waals surface area (Å²) in [5.74, 6) is 0. The molecule has 126 heavy (non-hydrogen) atoms. The van der Waals surface area contributed by atoms with E-state index in [0.717, 1.165) is 123 Å². The van der Waals surface area contributed by atoms with Crippen molar-refractivity contribution in [1.29, 1.82) is 0 Å². The molecule has 0 saturated heterocycles. The van der Waals surface area contributed by atoms with Gasteiger partial charge < -0.3 is 23.5 Å². The highest BCUT2D eigenvalue weighted by Gasteiger charge is 2.47. The third-order valence-corrected chi connectivity index (χ3v) is 27.3. The first kappa shape index (κ1) is 79.7. The van der Waals surface area contributed by atoms with Gasteiger partial charge >= 0.3 is 0 Å². The summed E-state index contributed by atoms with van der Waals surface area (Å²) in [7, 11) is 0. The Bertz CT molecular complexity index is 7340. The molecular weight excluding hydrogens is 1520 g/mol. The Morgan fingerprint density at radius 2 is 0.484 bits per heavy atom. The lowest BCUT2D eigenvalue weighted by atomic mass is 9.33. The minimum Gasteiger partial charge on any atom is -0.310 e. The SMILES string of the molecule is CC(C)(C)c1cc(-c2ccc3c(c2)N(c2c(-c4ccccc4)cc(C(C)(C)C)cc2-c2ccccc2)c2cc(-n4c5ccc(C(C)(C)C)cc5c5cc(C(C)(C)C)ccc54)cc4c2B3c2ccc(-n3c5ccccc5c5cc(-n6c7ccccc7c7ccccc76)ccc53)cc2N4c2c(-c3ccccc3)cc(C(C)(C)C)cc2-c2ccccc2)cc(C(C)(C)C)c1. The molecule has 6 heteroatoms. The summed E-state index contributed by atoms with van der Waals surface area (Å²) < 4.78 is 7.66. The largest absolute Gasteiger partial charge is 0.310 e. The van der Waals surface area contributed by atoms with Crippen molar-refractivity contribution >= 4 is 123 Å². The number of hydrogen-bond donors (Lipinski definition) is 0. The number of fused-ring (bicyclic) bond motifs is 13. The van der Waals surface area contributed by atoms with Gasteiger partial charge in [0.05, 0.1) is 50.2 Å². The first-order chi connectivity index (χ1) is 60.3. The van der Waals surface area contributed by atoms with E-state index in [1.54, 1.807) is 0 Å². The fourth-order valence-corrected chi connectivity index (χ4v) is 20.3. The Morgan fingerprint density at radius 3 is 0.873 bits per heavy atom. The van der Waals surface area contributed by atoms with Crippen molar-refractivity contribution in [1.82, 2.24) is 13.7 Å². The summed E-state index contributed by atoms with van der Waals surface area (Å²) in [5.41, 5.74) is 38.7. The monoisotopic (exact) mass is 1630 g/mol. The highest BCUT2D eigenvalue weighted by molar-refractivity contribution is 7.00. The zero-order chi connectivity index (χ0) is 87.2. The lowest BCUT2D eigenvalue weighted by Gasteiger charge is -2.46. The van der Waals surface area contributed by atoms with Crippen LogP contribution in [-0.2, 0) is 32.5 Å². The maximum Gasteiger partial charge on any atom is 0.252 e. The molecule has 0 atom stereocenters. The van der Waals surface area contributed by atoms with Crippen LogP contribution in [0.5, 0.6) is 0 Å². The summed E-state index contributed by atoms with van der Waals surface area (Å²) >= 11 is 0. The summed E-state index contributed by atoms with van der Waals surface area (Å²) in [4.78, 5) is 5.55. The summed E-state index contributed by atoms with van der Waals surface area (Å²) in [5, 5.41) is 7.33. The second-order valence-corrected chi connectivity index (χ2v) is 41.8. The average molecular weight is 1630 g/mol. The van der Waals surface area contributed by atoms with Gasteiger partial charge in [-0.2, -0.15) is 0 Å². The predicted molar refractivity (Wildman–Crippen MR) is 543 cm³/mol. The quantitative estimate of drug-likeness (QED) is 0.127. The van der Waals surface area contributed by atoms with Crippen LogP contribution in [0.15, 0.2) is 340 Å². The standard InChI is InChI=1S/C120H110BN5/c1-115(2,3)81-52-58-105-97(65-81)98-66-82(116(4,5)6)53-59-106(98)124(105)89-73-110-112-111(74-89)126(114-95(77-41-27-21-28-42-77)69-86(120(16,17)18)70-96(114)78-43-29-22-30-44-78)109-72-88(123-104-50-36-33-47-92(104)99-71-87(55-60-107(99)123)122-102-48-34-31-45-90(102)91-46-32-35-49-103(91)122)54-57-101(109)121(112)100-56-51-79(80-61-83(117(7,8)9)64-84(62-80)118(10,11)12)63-108(100)125(110)113-93(75-37-23-19-24-38-75)67-85(119(13,14)15)68-94(113)76-39-25-20-26-40-76/h19-74H,1-18H3. The Morgan fingerprint density at radius 1 is 0.190 bits per heavy atom. The van der Waals surface area contributed by atoms with Crippen LogP contribution >= 0.6 is 0 Å². The van der Waals surface area contributed by atoms with Gasteiger partial charge in [-0.1, -0.05) is 349 Å². The van der Waals surface area contributed by atoms with Crippen molar-refractivity contribution in [2.75, 3.05) is 9.80 Å². The lowest BCUT2D eigenvalue weighted by Crippen LogP contribution is -2.61.